The molecule has 0 aliphatic carbocycles. The van der Waals surface area contributed by atoms with E-state index >= 15 is 0 Å². The van der Waals surface area contributed by atoms with Crippen molar-refractivity contribution in [3.05, 3.63) is 29.3 Å². The quantitative estimate of drug-likeness (QED) is 0.798. The van der Waals surface area contributed by atoms with Crippen LogP contribution >= 0.6 is 11.6 Å². The number of nitrogens with zero attached hydrogens (tertiary/aromatic N) is 2. The van der Waals surface area contributed by atoms with Gasteiger partial charge in [-0.05, 0) is 36.7 Å². The second-order valence-corrected chi connectivity index (χ2v) is 7.27. The molecule has 0 unspecified atom stereocenters. The first-order valence-corrected chi connectivity index (χ1v) is 8.84. The minimum Gasteiger partial charge on any atom is -0.301 e. The van der Waals surface area contributed by atoms with Gasteiger partial charge in [-0.15, -0.1) is 11.6 Å². The van der Waals surface area contributed by atoms with Crippen molar-refractivity contribution in [2.45, 2.75) is 24.6 Å². The zero-order chi connectivity index (χ0) is 14.8. The van der Waals surface area contributed by atoms with Crippen molar-refractivity contribution in [2.24, 2.45) is 0 Å². The van der Waals surface area contributed by atoms with Crippen molar-refractivity contribution in [3.8, 4) is 0 Å². The summed E-state index contributed by atoms with van der Waals surface area (Å²) in [4.78, 5) is 2.61. The molecule has 1 saturated heterocycles. The molecule has 1 aliphatic heterocycles. The lowest BCUT2D eigenvalue weighted by Gasteiger charge is -2.33. The maximum atomic E-state index is 12.6. The van der Waals surface area contributed by atoms with Gasteiger partial charge in [0.05, 0.1) is 4.90 Å². The highest BCUT2D eigenvalue weighted by Crippen LogP contribution is 2.21. The van der Waals surface area contributed by atoms with E-state index in [1.165, 1.54) is 0 Å². The third kappa shape index (κ3) is 3.17. The number of hydrogen-bond acceptors (Lipinski definition) is 3. The van der Waals surface area contributed by atoms with Crippen LogP contribution in [0, 0.1) is 6.92 Å². The van der Waals surface area contributed by atoms with E-state index in [1.54, 1.807) is 16.4 Å². The molecule has 1 aromatic carbocycles. The van der Waals surface area contributed by atoms with Crippen molar-refractivity contribution in [3.63, 3.8) is 0 Å². The number of hydrogen-bond donors (Lipinski definition) is 0. The highest BCUT2D eigenvalue weighted by atomic mass is 35.5. The van der Waals surface area contributed by atoms with Crippen molar-refractivity contribution in [2.75, 3.05) is 32.7 Å². The van der Waals surface area contributed by atoms with Crippen molar-refractivity contribution in [1.29, 1.82) is 0 Å². The summed E-state index contributed by atoms with van der Waals surface area (Å²) in [5.41, 5.74) is 1.90. The minimum atomic E-state index is -3.40. The average Bonchev–Trinajstić information content (AvgIpc) is 2.47. The van der Waals surface area contributed by atoms with Gasteiger partial charge in [0.25, 0.3) is 0 Å². The smallest absolute Gasteiger partial charge is 0.243 e. The first kappa shape index (κ1) is 15.8. The van der Waals surface area contributed by atoms with Gasteiger partial charge in [-0.2, -0.15) is 4.31 Å². The van der Waals surface area contributed by atoms with Crippen LogP contribution in [0.3, 0.4) is 0 Å². The van der Waals surface area contributed by atoms with Gasteiger partial charge in [-0.25, -0.2) is 8.42 Å². The molecule has 6 heteroatoms. The highest BCUT2D eigenvalue weighted by Gasteiger charge is 2.28. The molecule has 112 valence electrons. The SMILES string of the molecule is CCN1CCN(S(=O)(=O)c2ccc(C)c(CCl)c2)CC1. The van der Waals surface area contributed by atoms with Crippen LogP contribution in [-0.2, 0) is 15.9 Å². The number of piperazine rings is 1. The Hall–Kier alpha value is -0.620. The first-order chi connectivity index (χ1) is 9.48. The molecule has 0 saturated carbocycles. The Morgan fingerprint density at radius 3 is 2.40 bits per heavy atom. The molecule has 0 N–H and O–H groups in total. The van der Waals surface area contributed by atoms with E-state index in [0.29, 0.717) is 23.9 Å². The van der Waals surface area contributed by atoms with Crippen LogP contribution in [0.2, 0.25) is 0 Å². The summed E-state index contributed by atoms with van der Waals surface area (Å²) >= 11 is 5.86. The van der Waals surface area contributed by atoms with Gasteiger partial charge in [0.15, 0.2) is 0 Å². The Labute approximate surface area is 126 Å². The van der Waals surface area contributed by atoms with Gasteiger partial charge in [0, 0.05) is 32.1 Å². The molecule has 0 bridgehead atoms. The van der Waals surface area contributed by atoms with Crippen LogP contribution in [0.1, 0.15) is 18.1 Å². The number of alkyl halides is 1. The lowest BCUT2D eigenvalue weighted by Crippen LogP contribution is -2.48. The molecule has 2 rings (SSSR count). The molecule has 0 aromatic heterocycles. The van der Waals surface area contributed by atoms with Gasteiger partial charge in [0.2, 0.25) is 10.0 Å². The minimum absolute atomic E-state index is 0.332. The van der Waals surface area contributed by atoms with Crippen LogP contribution < -0.4 is 0 Å². The summed E-state index contributed by atoms with van der Waals surface area (Å²) < 4.78 is 26.8. The number of likely N-dealkylation sites (N-methyl/N-ethyl adjacent to an activating group) is 1. The Morgan fingerprint density at radius 1 is 1.20 bits per heavy atom. The molecular weight excluding hydrogens is 296 g/mol. The molecule has 4 nitrogen and oxygen atoms in total. The van der Waals surface area contributed by atoms with Crippen LogP contribution in [0.5, 0.6) is 0 Å². The molecule has 1 aromatic rings. The molecular formula is C14H21ClN2O2S. The molecule has 1 fully saturated rings. The van der Waals surface area contributed by atoms with E-state index in [0.717, 1.165) is 30.8 Å². The fraction of sp³-hybridized carbons (Fsp3) is 0.571. The van der Waals surface area contributed by atoms with Crippen molar-refractivity contribution >= 4 is 21.6 Å². The van der Waals surface area contributed by atoms with Gasteiger partial charge in [-0.3, -0.25) is 0 Å². The summed E-state index contributed by atoms with van der Waals surface area (Å²) in [7, 11) is -3.40. The van der Waals surface area contributed by atoms with Gasteiger partial charge < -0.3 is 4.90 Å². The third-order valence-corrected chi connectivity index (χ3v) is 6.06. The molecule has 1 aliphatic rings. The number of sulfonamides is 1. The standard InChI is InChI=1S/C14H21ClN2O2S/c1-3-16-6-8-17(9-7-16)20(18,19)14-5-4-12(2)13(10-14)11-15/h4-5,10H,3,6-9,11H2,1-2H3. The molecule has 1 heterocycles. The first-order valence-electron chi connectivity index (χ1n) is 6.87. The van der Waals surface area contributed by atoms with Crippen LogP contribution in [0.15, 0.2) is 23.1 Å². The summed E-state index contributed by atoms with van der Waals surface area (Å²) in [6, 6.07) is 5.20. The third-order valence-electron chi connectivity index (χ3n) is 3.88. The Bertz CT molecular complexity index is 567. The Morgan fingerprint density at radius 2 is 1.85 bits per heavy atom. The van der Waals surface area contributed by atoms with Crippen molar-refractivity contribution < 1.29 is 8.42 Å². The summed E-state index contributed by atoms with van der Waals surface area (Å²) in [6.45, 7) is 7.70. The summed E-state index contributed by atoms with van der Waals surface area (Å²) in [6.07, 6.45) is 0. The van der Waals surface area contributed by atoms with E-state index < -0.39 is 10.0 Å². The molecule has 0 spiro atoms. The Kier molecular flexibility index (Phi) is 5.07. The lowest BCUT2D eigenvalue weighted by atomic mass is 10.1. The second-order valence-electron chi connectivity index (χ2n) is 5.06. The Balaban J connectivity index is 2.22. The number of halogens is 1. The number of rotatable bonds is 4. The molecule has 0 amide bonds. The highest BCUT2D eigenvalue weighted by molar-refractivity contribution is 7.89. The van der Waals surface area contributed by atoms with Crippen LogP contribution in [-0.4, -0.2) is 50.3 Å². The number of benzene rings is 1. The maximum absolute atomic E-state index is 12.6. The van der Waals surface area contributed by atoms with E-state index in [9.17, 15) is 8.42 Å². The maximum Gasteiger partial charge on any atom is 0.243 e. The summed E-state index contributed by atoms with van der Waals surface area (Å²) in [5, 5.41) is 0. The van der Waals surface area contributed by atoms with E-state index in [4.69, 9.17) is 11.6 Å². The fourth-order valence-corrected chi connectivity index (χ4v) is 4.15. The van der Waals surface area contributed by atoms with E-state index in [2.05, 4.69) is 11.8 Å². The normalized spacial score (nSPS) is 18.4. The van der Waals surface area contributed by atoms with Crippen molar-refractivity contribution in [1.82, 2.24) is 9.21 Å². The predicted molar refractivity (Wildman–Crippen MR) is 81.6 cm³/mol. The zero-order valence-electron chi connectivity index (χ0n) is 12.0. The van der Waals surface area contributed by atoms with Gasteiger partial charge >= 0.3 is 0 Å². The predicted octanol–water partition coefficient (Wildman–Crippen LogP) is 2.06. The summed E-state index contributed by atoms with van der Waals surface area (Å²) in [5.74, 6) is 0.332. The zero-order valence-corrected chi connectivity index (χ0v) is 13.5. The lowest BCUT2D eigenvalue weighted by molar-refractivity contribution is 0.196. The topological polar surface area (TPSA) is 40.6 Å². The monoisotopic (exact) mass is 316 g/mol. The average molecular weight is 317 g/mol. The largest absolute Gasteiger partial charge is 0.301 e. The van der Waals surface area contributed by atoms with Gasteiger partial charge in [0.1, 0.15) is 0 Å². The van der Waals surface area contributed by atoms with E-state index in [1.807, 2.05) is 13.0 Å². The van der Waals surface area contributed by atoms with Crippen LogP contribution in [0.25, 0.3) is 0 Å². The molecule has 0 atom stereocenters. The molecule has 20 heavy (non-hydrogen) atoms. The van der Waals surface area contributed by atoms with E-state index in [-0.39, 0.29) is 0 Å². The second kappa shape index (κ2) is 6.43. The van der Waals surface area contributed by atoms with Gasteiger partial charge in [-0.1, -0.05) is 13.0 Å². The molecule has 0 radical (unpaired) electrons. The van der Waals surface area contributed by atoms with Crippen LogP contribution in [0.4, 0.5) is 0 Å². The fourth-order valence-electron chi connectivity index (χ4n) is 2.39. The number of aryl methyl sites for hydroxylation is 1.